The summed E-state index contributed by atoms with van der Waals surface area (Å²) in [7, 11) is 0. The summed E-state index contributed by atoms with van der Waals surface area (Å²) in [4.78, 5) is 0. The van der Waals surface area contributed by atoms with Gasteiger partial charge >= 0.3 is 0 Å². The molecular weight excluding hydrogens is 276 g/mol. The molecule has 17 heavy (non-hydrogen) atoms. The lowest BCUT2D eigenvalue weighted by atomic mass is 9.98. The zero-order valence-electron chi connectivity index (χ0n) is 9.65. The molecule has 0 spiro atoms. The topological polar surface area (TPSA) is 38.0 Å². The lowest BCUT2D eigenvalue weighted by molar-refractivity contribution is 0.634. The molecule has 0 saturated heterocycles. The van der Waals surface area contributed by atoms with Crippen LogP contribution in [-0.4, -0.2) is 0 Å². The number of hydrogen-bond donors (Lipinski definition) is 2. The van der Waals surface area contributed by atoms with Crippen molar-refractivity contribution in [3.05, 3.63) is 69.7 Å². The van der Waals surface area contributed by atoms with Crippen LogP contribution in [0.1, 0.15) is 22.7 Å². The third kappa shape index (κ3) is 2.75. The number of halogens is 1. The van der Waals surface area contributed by atoms with Crippen LogP contribution < -0.4 is 11.3 Å². The van der Waals surface area contributed by atoms with Gasteiger partial charge in [-0.25, -0.2) is 5.43 Å². The summed E-state index contributed by atoms with van der Waals surface area (Å²) in [6.07, 6.45) is 0. The number of hydrazine groups is 1. The highest BCUT2D eigenvalue weighted by Crippen LogP contribution is 2.27. The second kappa shape index (κ2) is 5.45. The summed E-state index contributed by atoms with van der Waals surface area (Å²) in [5.41, 5.74) is 6.41. The molecule has 3 heteroatoms. The first-order valence-electron chi connectivity index (χ1n) is 5.49. The average Bonchev–Trinajstić information content (AvgIpc) is 2.35. The van der Waals surface area contributed by atoms with E-state index in [2.05, 4.69) is 58.6 Å². The average molecular weight is 291 g/mol. The highest BCUT2D eigenvalue weighted by Gasteiger charge is 2.14. The Morgan fingerprint density at radius 2 is 1.71 bits per heavy atom. The third-order valence-corrected chi connectivity index (χ3v) is 3.52. The van der Waals surface area contributed by atoms with Crippen LogP contribution in [0, 0.1) is 6.92 Å². The number of rotatable bonds is 3. The first kappa shape index (κ1) is 12.3. The first-order chi connectivity index (χ1) is 8.22. The van der Waals surface area contributed by atoms with Gasteiger partial charge in [-0.2, -0.15) is 0 Å². The summed E-state index contributed by atoms with van der Waals surface area (Å²) >= 11 is 3.55. The van der Waals surface area contributed by atoms with Crippen molar-refractivity contribution in [3.8, 4) is 0 Å². The van der Waals surface area contributed by atoms with Gasteiger partial charge in [0.15, 0.2) is 0 Å². The fraction of sp³-hybridized carbons (Fsp3) is 0.143. The van der Waals surface area contributed by atoms with Crippen LogP contribution in [-0.2, 0) is 0 Å². The van der Waals surface area contributed by atoms with Crippen molar-refractivity contribution in [1.29, 1.82) is 0 Å². The quantitative estimate of drug-likeness (QED) is 0.672. The Hall–Kier alpha value is -1.16. The third-order valence-electron chi connectivity index (χ3n) is 2.79. The number of benzene rings is 2. The van der Waals surface area contributed by atoms with E-state index in [-0.39, 0.29) is 6.04 Å². The number of aryl methyl sites for hydroxylation is 1. The standard InChI is InChI=1S/C14H15BrN2/c1-10-6-8-11(9-7-10)14(17-16)12-4-2-3-5-13(12)15/h2-9,14,17H,16H2,1H3. The van der Waals surface area contributed by atoms with Gasteiger partial charge in [-0.15, -0.1) is 0 Å². The van der Waals surface area contributed by atoms with Crippen LogP contribution >= 0.6 is 15.9 Å². The SMILES string of the molecule is Cc1ccc(C(NN)c2ccccc2Br)cc1. The van der Waals surface area contributed by atoms with Gasteiger partial charge in [0.25, 0.3) is 0 Å². The summed E-state index contributed by atoms with van der Waals surface area (Å²) < 4.78 is 1.06. The molecule has 0 heterocycles. The van der Waals surface area contributed by atoms with E-state index >= 15 is 0 Å². The molecule has 0 aliphatic rings. The van der Waals surface area contributed by atoms with Crippen molar-refractivity contribution < 1.29 is 0 Å². The van der Waals surface area contributed by atoms with Crippen LogP contribution in [0.25, 0.3) is 0 Å². The molecule has 0 bridgehead atoms. The lowest BCUT2D eigenvalue weighted by Gasteiger charge is -2.18. The molecule has 0 amide bonds. The molecule has 0 aromatic heterocycles. The predicted octanol–water partition coefficient (Wildman–Crippen LogP) is 3.31. The molecule has 0 aliphatic heterocycles. The Bertz CT molecular complexity index is 494. The van der Waals surface area contributed by atoms with E-state index in [9.17, 15) is 0 Å². The molecule has 88 valence electrons. The van der Waals surface area contributed by atoms with E-state index in [0.717, 1.165) is 15.6 Å². The molecular formula is C14H15BrN2. The predicted molar refractivity (Wildman–Crippen MR) is 74.5 cm³/mol. The minimum Gasteiger partial charge on any atom is -0.271 e. The highest BCUT2D eigenvalue weighted by molar-refractivity contribution is 9.10. The van der Waals surface area contributed by atoms with Crippen molar-refractivity contribution >= 4 is 15.9 Å². The zero-order chi connectivity index (χ0) is 12.3. The Morgan fingerprint density at radius 1 is 1.06 bits per heavy atom. The van der Waals surface area contributed by atoms with E-state index in [1.807, 2.05) is 18.2 Å². The van der Waals surface area contributed by atoms with Crippen LogP contribution in [0.3, 0.4) is 0 Å². The monoisotopic (exact) mass is 290 g/mol. The maximum Gasteiger partial charge on any atom is 0.0721 e. The number of hydrogen-bond acceptors (Lipinski definition) is 2. The van der Waals surface area contributed by atoms with Crippen LogP contribution in [0.4, 0.5) is 0 Å². The van der Waals surface area contributed by atoms with Crippen molar-refractivity contribution in [1.82, 2.24) is 5.43 Å². The van der Waals surface area contributed by atoms with E-state index in [1.54, 1.807) is 0 Å². The lowest BCUT2D eigenvalue weighted by Crippen LogP contribution is -2.29. The van der Waals surface area contributed by atoms with E-state index in [0.29, 0.717) is 0 Å². The largest absolute Gasteiger partial charge is 0.271 e. The molecule has 0 saturated carbocycles. The summed E-state index contributed by atoms with van der Waals surface area (Å²) in [6, 6.07) is 16.5. The number of nitrogens with one attached hydrogen (secondary N) is 1. The molecule has 2 rings (SSSR count). The van der Waals surface area contributed by atoms with Gasteiger partial charge in [0.2, 0.25) is 0 Å². The molecule has 2 nitrogen and oxygen atoms in total. The first-order valence-corrected chi connectivity index (χ1v) is 6.29. The van der Waals surface area contributed by atoms with Gasteiger partial charge < -0.3 is 0 Å². The Balaban J connectivity index is 2.40. The number of nitrogens with two attached hydrogens (primary N) is 1. The van der Waals surface area contributed by atoms with Crippen LogP contribution in [0.2, 0.25) is 0 Å². The van der Waals surface area contributed by atoms with Gasteiger partial charge in [0.1, 0.15) is 0 Å². The fourth-order valence-electron chi connectivity index (χ4n) is 1.83. The highest BCUT2D eigenvalue weighted by atomic mass is 79.9. The second-order valence-corrected chi connectivity index (χ2v) is 4.89. The van der Waals surface area contributed by atoms with E-state index in [4.69, 9.17) is 5.84 Å². The van der Waals surface area contributed by atoms with Crippen molar-refractivity contribution in [2.24, 2.45) is 5.84 Å². The smallest absolute Gasteiger partial charge is 0.0721 e. The molecule has 3 N–H and O–H groups in total. The zero-order valence-corrected chi connectivity index (χ0v) is 11.2. The molecule has 2 aromatic carbocycles. The minimum absolute atomic E-state index is 0.00572. The summed E-state index contributed by atoms with van der Waals surface area (Å²) in [6.45, 7) is 2.08. The van der Waals surface area contributed by atoms with Crippen molar-refractivity contribution in [2.45, 2.75) is 13.0 Å². The van der Waals surface area contributed by atoms with Crippen molar-refractivity contribution in [3.63, 3.8) is 0 Å². The van der Waals surface area contributed by atoms with Gasteiger partial charge in [0.05, 0.1) is 6.04 Å². The van der Waals surface area contributed by atoms with Gasteiger partial charge in [0, 0.05) is 4.47 Å². The summed E-state index contributed by atoms with van der Waals surface area (Å²) in [5, 5.41) is 0. The maximum absolute atomic E-state index is 5.67. The molecule has 0 radical (unpaired) electrons. The molecule has 2 aromatic rings. The Morgan fingerprint density at radius 3 is 2.29 bits per heavy atom. The molecule has 1 atom stereocenters. The summed E-state index contributed by atoms with van der Waals surface area (Å²) in [5.74, 6) is 5.67. The van der Waals surface area contributed by atoms with Gasteiger partial charge in [-0.05, 0) is 24.1 Å². The fourth-order valence-corrected chi connectivity index (χ4v) is 2.35. The Labute approximate surface area is 110 Å². The minimum atomic E-state index is 0.00572. The van der Waals surface area contributed by atoms with Crippen molar-refractivity contribution in [2.75, 3.05) is 0 Å². The normalized spacial score (nSPS) is 12.4. The second-order valence-electron chi connectivity index (χ2n) is 4.03. The van der Waals surface area contributed by atoms with Crippen LogP contribution in [0.5, 0.6) is 0 Å². The van der Waals surface area contributed by atoms with Crippen LogP contribution in [0.15, 0.2) is 53.0 Å². The Kier molecular flexibility index (Phi) is 3.94. The van der Waals surface area contributed by atoms with E-state index in [1.165, 1.54) is 5.56 Å². The molecule has 0 fully saturated rings. The molecule has 1 unspecified atom stereocenters. The maximum atomic E-state index is 5.67. The van der Waals surface area contributed by atoms with Gasteiger partial charge in [-0.3, -0.25) is 5.84 Å². The van der Waals surface area contributed by atoms with E-state index < -0.39 is 0 Å². The molecule has 0 aliphatic carbocycles. The van der Waals surface area contributed by atoms with Gasteiger partial charge in [-0.1, -0.05) is 64.0 Å².